The van der Waals surface area contributed by atoms with Crippen molar-refractivity contribution in [3.63, 3.8) is 0 Å². The van der Waals surface area contributed by atoms with Crippen molar-refractivity contribution in [3.05, 3.63) is 237 Å². The lowest BCUT2D eigenvalue weighted by Gasteiger charge is -2.28. The molecule has 298 valence electrons. The van der Waals surface area contributed by atoms with E-state index in [1.807, 2.05) is 0 Å². The third kappa shape index (κ3) is 5.73. The molecule has 0 spiro atoms. The van der Waals surface area contributed by atoms with Gasteiger partial charge in [0.1, 0.15) is 11.2 Å². The summed E-state index contributed by atoms with van der Waals surface area (Å²) in [6.07, 6.45) is 0. The van der Waals surface area contributed by atoms with E-state index >= 15 is 0 Å². The van der Waals surface area contributed by atoms with Crippen LogP contribution < -0.4 is 4.90 Å². The number of benzene rings is 12. The maximum atomic E-state index is 6.94. The predicted octanol–water partition coefficient (Wildman–Crippen LogP) is 17.8. The Morgan fingerprint density at radius 2 is 0.703 bits per heavy atom. The lowest BCUT2D eigenvalue weighted by atomic mass is 9.93. The highest BCUT2D eigenvalue weighted by Crippen LogP contribution is 2.46. The molecule has 1 heterocycles. The largest absolute Gasteiger partial charge is 0.455 e. The first-order valence-corrected chi connectivity index (χ1v) is 22.0. The molecule has 0 saturated carbocycles. The van der Waals surface area contributed by atoms with E-state index in [-0.39, 0.29) is 0 Å². The van der Waals surface area contributed by atoms with Crippen LogP contribution in [0.15, 0.2) is 241 Å². The number of anilines is 3. The van der Waals surface area contributed by atoms with Gasteiger partial charge in [-0.25, -0.2) is 0 Å². The van der Waals surface area contributed by atoms with Crippen molar-refractivity contribution < 1.29 is 4.42 Å². The van der Waals surface area contributed by atoms with Crippen LogP contribution in [-0.4, -0.2) is 0 Å². The summed E-state index contributed by atoms with van der Waals surface area (Å²) in [6, 6.07) is 86.0. The first-order valence-electron chi connectivity index (χ1n) is 22.0. The van der Waals surface area contributed by atoms with Crippen LogP contribution in [0, 0.1) is 0 Å². The summed E-state index contributed by atoms with van der Waals surface area (Å²) < 4.78 is 6.94. The minimum absolute atomic E-state index is 0.888. The molecule has 0 atom stereocenters. The molecule has 0 fully saturated rings. The second kappa shape index (κ2) is 14.6. The van der Waals surface area contributed by atoms with Crippen LogP contribution in [0.2, 0.25) is 0 Å². The van der Waals surface area contributed by atoms with E-state index < -0.39 is 0 Å². The zero-order valence-corrected chi connectivity index (χ0v) is 34.9. The molecule has 64 heavy (non-hydrogen) atoms. The number of nitrogens with zero attached hydrogens (tertiary/aromatic N) is 1. The number of furan rings is 1. The van der Waals surface area contributed by atoms with Gasteiger partial charge in [0.05, 0.1) is 5.69 Å². The molecule has 1 aromatic heterocycles. The average Bonchev–Trinajstić information content (AvgIpc) is 3.76. The van der Waals surface area contributed by atoms with Gasteiger partial charge >= 0.3 is 0 Å². The van der Waals surface area contributed by atoms with Crippen LogP contribution in [0.5, 0.6) is 0 Å². The van der Waals surface area contributed by atoms with Crippen molar-refractivity contribution in [2.75, 3.05) is 4.90 Å². The van der Waals surface area contributed by atoms with Gasteiger partial charge in [-0.05, 0) is 113 Å². The van der Waals surface area contributed by atoms with Gasteiger partial charge < -0.3 is 9.32 Å². The summed E-state index contributed by atoms with van der Waals surface area (Å²) in [6.45, 7) is 0. The van der Waals surface area contributed by atoms with E-state index in [1.54, 1.807) is 0 Å². The number of hydrogen-bond acceptors (Lipinski definition) is 2. The highest BCUT2D eigenvalue weighted by Gasteiger charge is 2.22. The summed E-state index contributed by atoms with van der Waals surface area (Å²) in [5.41, 5.74) is 11.9. The fourth-order valence-corrected chi connectivity index (χ4v) is 10.2. The topological polar surface area (TPSA) is 16.4 Å². The third-order valence-electron chi connectivity index (χ3n) is 13.3. The second-order valence-electron chi connectivity index (χ2n) is 16.8. The van der Waals surface area contributed by atoms with E-state index in [9.17, 15) is 0 Å². The Morgan fingerprint density at radius 1 is 0.250 bits per heavy atom. The van der Waals surface area contributed by atoms with Crippen LogP contribution in [0.3, 0.4) is 0 Å². The van der Waals surface area contributed by atoms with Crippen LogP contribution in [-0.2, 0) is 0 Å². The van der Waals surface area contributed by atoms with Gasteiger partial charge in [-0.15, -0.1) is 0 Å². The van der Waals surface area contributed by atoms with E-state index in [4.69, 9.17) is 4.42 Å². The van der Waals surface area contributed by atoms with Gasteiger partial charge in [0.15, 0.2) is 0 Å². The third-order valence-corrected chi connectivity index (χ3v) is 13.3. The lowest BCUT2D eigenvalue weighted by Crippen LogP contribution is -2.11. The summed E-state index contributed by atoms with van der Waals surface area (Å²) in [5.74, 6) is 0. The van der Waals surface area contributed by atoms with Gasteiger partial charge in [0.2, 0.25) is 0 Å². The van der Waals surface area contributed by atoms with Gasteiger partial charge in [-0.2, -0.15) is 0 Å². The number of hydrogen-bond donors (Lipinski definition) is 0. The summed E-state index contributed by atoms with van der Waals surface area (Å²) >= 11 is 0. The number of rotatable bonds is 6. The van der Waals surface area contributed by atoms with Crippen molar-refractivity contribution in [2.24, 2.45) is 0 Å². The minimum Gasteiger partial charge on any atom is -0.455 e. The molecule has 0 saturated heterocycles. The van der Waals surface area contributed by atoms with Gasteiger partial charge in [0.25, 0.3) is 0 Å². The Morgan fingerprint density at radius 3 is 1.42 bits per heavy atom. The lowest BCUT2D eigenvalue weighted by molar-refractivity contribution is 0.674. The van der Waals surface area contributed by atoms with Gasteiger partial charge in [-0.1, -0.05) is 194 Å². The van der Waals surface area contributed by atoms with Crippen LogP contribution >= 0.6 is 0 Å². The van der Waals surface area contributed by atoms with E-state index in [2.05, 4.69) is 241 Å². The Hall–Kier alpha value is -8.46. The van der Waals surface area contributed by atoms with Crippen molar-refractivity contribution in [3.8, 4) is 33.4 Å². The first-order chi connectivity index (χ1) is 31.7. The summed E-state index contributed by atoms with van der Waals surface area (Å²) in [7, 11) is 0. The van der Waals surface area contributed by atoms with Crippen molar-refractivity contribution in [1.82, 2.24) is 0 Å². The Bertz CT molecular complexity index is 3950. The molecule has 0 bridgehead atoms. The van der Waals surface area contributed by atoms with Crippen molar-refractivity contribution in [1.29, 1.82) is 0 Å². The Kier molecular flexibility index (Phi) is 8.25. The molecule has 0 aliphatic heterocycles. The molecule has 0 aliphatic rings. The summed E-state index contributed by atoms with van der Waals surface area (Å²) in [4.78, 5) is 2.40. The molecule has 0 N–H and O–H groups in total. The Labute approximate surface area is 370 Å². The van der Waals surface area contributed by atoms with E-state index in [0.717, 1.165) is 55.5 Å². The van der Waals surface area contributed by atoms with E-state index in [0.29, 0.717) is 0 Å². The Balaban J connectivity index is 0.986. The highest BCUT2D eigenvalue weighted by molar-refractivity contribution is 6.18. The molecule has 2 nitrogen and oxygen atoms in total. The average molecular weight is 814 g/mol. The fourth-order valence-electron chi connectivity index (χ4n) is 10.2. The van der Waals surface area contributed by atoms with Crippen molar-refractivity contribution >= 4 is 92.9 Å². The van der Waals surface area contributed by atoms with Crippen LogP contribution in [0.25, 0.3) is 109 Å². The van der Waals surface area contributed by atoms with Crippen LogP contribution in [0.4, 0.5) is 17.1 Å². The monoisotopic (exact) mass is 813 g/mol. The molecular weight excluding hydrogens is 775 g/mol. The second-order valence-corrected chi connectivity index (χ2v) is 16.8. The molecule has 0 unspecified atom stereocenters. The highest BCUT2D eigenvalue weighted by atomic mass is 16.3. The number of fused-ring (bicyclic) bond motifs is 11. The zero-order valence-electron chi connectivity index (χ0n) is 34.9. The first kappa shape index (κ1) is 36.2. The molecule has 13 aromatic rings. The van der Waals surface area contributed by atoms with Crippen molar-refractivity contribution in [2.45, 2.75) is 0 Å². The van der Waals surface area contributed by atoms with Gasteiger partial charge in [0, 0.05) is 38.7 Å². The molecule has 12 aromatic carbocycles. The maximum absolute atomic E-state index is 6.94. The molecular formula is C62H39NO. The number of para-hydroxylation sites is 2. The van der Waals surface area contributed by atoms with Crippen LogP contribution in [0.1, 0.15) is 0 Å². The zero-order chi connectivity index (χ0) is 42.1. The minimum atomic E-state index is 0.888. The predicted molar refractivity (Wildman–Crippen MR) is 272 cm³/mol. The molecule has 0 radical (unpaired) electrons. The quantitative estimate of drug-likeness (QED) is 0.156. The standard InChI is InChI=1S/C62H39NO/c1-4-16-47-40(13-1)31-37-54-48(22-11-23-52(47)54)42-27-33-45(34-28-42)63(46-35-29-43(30-36-46)59-39-44-15-3-5-17-49(44)51-19-7-8-20-53(51)59)60-26-10-9-21-55(60)56-24-12-25-57-58-38-32-41-14-2-6-18-50(41)61(58)64-62(56)57/h1-39H. The molecule has 13 rings (SSSR count). The smallest absolute Gasteiger partial charge is 0.143 e. The van der Waals surface area contributed by atoms with Gasteiger partial charge in [-0.3, -0.25) is 0 Å². The maximum Gasteiger partial charge on any atom is 0.143 e. The molecule has 2 heteroatoms. The fraction of sp³-hybridized carbons (Fsp3) is 0. The molecule has 0 amide bonds. The summed E-state index contributed by atoms with van der Waals surface area (Å²) in [5, 5.41) is 14.6. The SMILES string of the molecule is c1ccc(N(c2ccc(-c3cccc4c3ccc3ccccc34)cc2)c2ccc(-c3cc4ccccc4c4ccccc34)cc2)c(-c2cccc3c2oc2c4ccccc4ccc32)c1. The van der Waals surface area contributed by atoms with E-state index in [1.165, 1.54) is 70.7 Å². The normalized spacial score (nSPS) is 11.8. The molecule has 0 aliphatic carbocycles.